The molecule has 0 bridgehead atoms. The van der Waals surface area contributed by atoms with Crippen molar-refractivity contribution in [1.29, 1.82) is 0 Å². The van der Waals surface area contributed by atoms with Crippen molar-refractivity contribution in [2.24, 2.45) is 0 Å². The molecule has 0 spiro atoms. The molecule has 2 nitrogen and oxygen atoms in total. The SMILES string of the molecule is C=C(Cl)CNC(=O)CCc1ccccc1. The van der Waals surface area contributed by atoms with E-state index in [1.54, 1.807) is 0 Å². The third-order valence-corrected chi connectivity index (χ3v) is 2.09. The lowest BCUT2D eigenvalue weighted by atomic mass is 10.1. The van der Waals surface area contributed by atoms with Crippen LogP contribution in [0.25, 0.3) is 0 Å². The molecular formula is C12H14ClNO. The Morgan fingerprint density at radius 1 is 1.33 bits per heavy atom. The summed E-state index contributed by atoms with van der Waals surface area (Å²) in [4.78, 5) is 11.3. The highest BCUT2D eigenvalue weighted by Gasteiger charge is 2.01. The second-order valence-corrected chi connectivity index (χ2v) is 3.81. The van der Waals surface area contributed by atoms with E-state index >= 15 is 0 Å². The highest BCUT2D eigenvalue weighted by Crippen LogP contribution is 2.02. The Morgan fingerprint density at radius 2 is 2.00 bits per heavy atom. The number of amides is 1. The van der Waals surface area contributed by atoms with E-state index in [-0.39, 0.29) is 5.91 Å². The number of aryl methyl sites for hydroxylation is 1. The van der Waals surface area contributed by atoms with Crippen molar-refractivity contribution in [3.8, 4) is 0 Å². The van der Waals surface area contributed by atoms with Crippen LogP contribution in [0.15, 0.2) is 41.9 Å². The first kappa shape index (κ1) is 11.8. The Hall–Kier alpha value is -1.28. The molecule has 1 aromatic carbocycles. The number of carbonyl (C=O) groups is 1. The van der Waals surface area contributed by atoms with Gasteiger partial charge in [0, 0.05) is 11.5 Å². The van der Waals surface area contributed by atoms with Gasteiger partial charge in [0.25, 0.3) is 0 Å². The number of hydrogen-bond acceptors (Lipinski definition) is 1. The molecule has 0 unspecified atom stereocenters. The van der Waals surface area contributed by atoms with Gasteiger partial charge in [-0.3, -0.25) is 4.79 Å². The molecular weight excluding hydrogens is 210 g/mol. The smallest absolute Gasteiger partial charge is 0.220 e. The minimum absolute atomic E-state index is 0.000605. The van der Waals surface area contributed by atoms with Crippen LogP contribution in [0.1, 0.15) is 12.0 Å². The zero-order valence-corrected chi connectivity index (χ0v) is 9.26. The van der Waals surface area contributed by atoms with E-state index in [2.05, 4.69) is 11.9 Å². The summed E-state index contributed by atoms with van der Waals surface area (Å²) < 4.78 is 0. The Kier molecular flexibility index (Phi) is 4.91. The van der Waals surface area contributed by atoms with Crippen LogP contribution < -0.4 is 5.32 Å². The lowest BCUT2D eigenvalue weighted by Gasteiger charge is -2.03. The van der Waals surface area contributed by atoms with Crippen molar-refractivity contribution in [1.82, 2.24) is 5.32 Å². The van der Waals surface area contributed by atoms with Crippen LogP contribution in [0.2, 0.25) is 0 Å². The molecule has 1 aromatic rings. The summed E-state index contributed by atoms with van der Waals surface area (Å²) >= 11 is 5.53. The van der Waals surface area contributed by atoms with Crippen LogP contribution >= 0.6 is 11.6 Å². The van der Waals surface area contributed by atoms with Gasteiger partial charge in [0.15, 0.2) is 0 Å². The van der Waals surface area contributed by atoms with E-state index in [0.717, 1.165) is 12.0 Å². The molecule has 1 N–H and O–H groups in total. The van der Waals surface area contributed by atoms with Crippen molar-refractivity contribution in [3.05, 3.63) is 47.5 Å². The predicted octanol–water partition coefficient (Wildman–Crippen LogP) is 2.49. The molecule has 0 aliphatic heterocycles. The van der Waals surface area contributed by atoms with Crippen LogP contribution in [-0.2, 0) is 11.2 Å². The number of nitrogens with one attached hydrogen (secondary N) is 1. The molecule has 0 saturated heterocycles. The maximum atomic E-state index is 11.3. The number of rotatable bonds is 5. The molecule has 0 fully saturated rings. The van der Waals surface area contributed by atoms with E-state index in [1.807, 2.05) is 30.3 Å². The highest BCUT2D eigenvalue weighted by atomic mass is 35.5. The first-order valence-corrected chi connectivity index (χ1v) is 5.20. The molecule has 15 heavy (non-hydrogen) atoms. The van der Waals surface area contributed by atoms with Gasteiger partial charge in [0.2, 0.25) is 5.91 Å². The summed E-state index contributed by atoms with van der Waals surface area (Å²) in [6.07, 6.45) is 1.23. The third kappa shape index (κ3) is 5.23. The third-order valence-electron chi connectivity index (χ3n) is 1.96. The number of benzene rings is 1. The van der Waals surface area contributed by atoms with E-state index in [1.165, 1.54) is 0 Å². The molecule has 0 radical (unpaired) electrons. The normalized spacial score (nSPS) is 9.67. The zero-order valence-electron chi connectivity index (χ0n) is 8.50. The maximum Gasteiger partial charge on any atom is 0.220 e. The summed E-state index contributed by atoms with van der Waals surface area (Å²) in [5.74, 6) is 0.000605. The highest BCUT2D eigenvalue weighted by molar-refractivity contribution is 6.29. The topological polar surface area (TPSA) is 29.1 Å². The summed E-state index contributed by atoms with van der Waals surface area (Å²) in [5, 5.41) is 3.13. The van der Waals surface area contributed by atoms with E-state index in [9.17, 15) is 4.79 Å². The van der Waals surface area contributed by atoms with E-state index in [4.69, 9.17) is 11.6 Å². The van der Waals surface area contributed by atoms with Gasteiger partial charge in [-0.25, -0.2) is 0 Å². The Bertz CT molecular complexity index is 335. The summed E-state index contributed by atoms with van der Waals surface area (Å²) in [5.41, 5.74) is 1.16. The first-order chi connectivity index (χ1) is 7.18. The van der Waals surface area contributed by atoms with Gasteiger partial charge >= 0.3 is 0 Å². The molecule has 0 aromatic heterocycles. The largest absolute Gasteiger partial charge is 0.351 e. The minimum atomic E-state index is 0.000605. The van der Waals surface area contributed by atoms with Crippen molar-refractivity contribution in [3.63, 3.8) is 0 Å². The van der Waals surface area contributed by atoms with Gasteiger partial charge < -0.3 is 5.32 Å². The quantitative estimate of drug-likeness (QED) is 0.817. The molecule has 80 valence electrons. The summed E-state index contributed by atoms with van der Waals surface area (Å²) in [6.45, 7) is 3.84. The molecule has 1 amide bonds. The van der Waals surface area contributed by atoms with Gasteiger partial charge in [-0.05, 0) is 12.0 Å². The van der Waals surface area contributed by atoms with Crippen LogP contribution in [0.3, 0.4) is 0 Å². The average Bonchev–Trinajstić information content (AvgIpc) is 2.25. The van der Waals surface area contributed by atoms with Crippen LogP contribution in [0.5, 0.6) is 0 Å². The predicted molar refractivity (Wildman–Crippen MR) is 62.8 cm³/mol. The standard InChI is InChI=1S/C12H14ClNO/c1-10(13)9-14-12(15)8-7-11-5-3-2-4-6-11/h2-6H,1,7-9H2,(H,14,15). The second-order valence-electron chi connectivity index (χ2n) is 3.28. The maximum absolute atomic E-state index is 11.3. The van der Waals surface area contributed by atoms with Gasteiger partial charge in [-0.15, -0.1) is 0 Å². The van der Waals surface area contributed by atoms with Crippen molar-refractivity contribution in [2.75, 3.05) is 6.54 Å². The molecule has 0 heterocycles. The monoisotopic (exact) mass is 223 g/mol. The fourth-order valence-corrected chi connectivity index (χ4v) is 1.25. The van der Waals surface area contributed by atoms with Gasteiger partial charge in [0.1, 0.15) is 0 Å². The Labute approximate surface area is 94.9 Å². The van der Waals surface area contributed by atoms with Crippen molar-refractivity contribution in [2.45, 2.75) is 12.8 Å². The van der Waals surface area contributed by atoms with Gasteiger partial charge in [-0.2, -0.15) is 0 Å². The van der Waals surface area contributed by atoms with Crippen molar-refractivity contribution < 1.29 is 4.79 Å². The average molecular weight is 224 g/mol. The molecule has 3 heteroatoms. The molecule has 0 aliphatic carbocycles. The van der Waals surface area contributed by atoms with Crippen LogP contribution in [0, 0.1) is 0 Å². The van der Waals surface area contributed by atoms with E-state index in [0.29, 0.717) is 18.0 Å². The number of hydrogen-bond donors (Lipinski definition) is 1. The second kappa shape index (κ2) is 6.25. The first-order valence-electron chi connectivity index (χ1n) is 4.82. The molecule has 0 atom stereocenters. The summed E-state index contributed by atoms with van der Waals surface area (Å²) in [7, 11) is 0. The van der Waals surface area contributed by atoms with Crippen LogP contribution in [0.4, 0.5) is 0 Å². The summed E-state index contributed by atoms with van der Waals surface area (Å²) in [6, 6.07) is 9.91. The van der Waals surface area contributed by atoms with Crippen molar-refractivity contribution >= 4 is 17.5 Å². The lowest BCUT2D eigenvalue weighted by Crippen LogP contribution is -2.24. The molecule has 1 rings (SSSR count). The minimum Gasteiger partial charge on any atom is -0.351 e. The molecule has 0 aliphatic rings. The number of carbonyl (C=O) groups excluding carboxylic acids is 1. The number of halogens is 1. The Balaban J connectivity index is 2.26. The fourth-order valence-electron chi connectivity index (χ4n) is 1.19. The van der Waals surface area contributed by atoms with Gasteiger partial charge in [0.05, 0.1) is 6.54 Å². The Morgan fingerprint density at radius 3 is 2.60 bits per heavy atom. The lowest BCUT2D eigenvalue weighted by molar-refractivity contribution is -0.120. The van der Waals surface area contributed by atoms with Gasteiger partial charge in [-0.1, -0.05) is 48.5 Å². The zero-order chi connectivity index (χ0) is 11.1. The van der Waals surface area contributed by atoms with Crippen LogP contribution in [-0.4, -0.2) is 12.5 Å². The fraction of sp³-hybridized carbons (Fsp3) is 0.250. The van der Waals surface area contributed by atoms with E-state index < -0.39 is 0 Å². The molecule has 0 saturated carbocycles.